The van der Waals surface area contributed by atoms with Crippen molar-refractivity contribution in [2.24, 2.45) is 5.41 Å². The van der Waals surface area contributed by atoms with E-state index in [1.165, 1.54) is 11.3 Å². The van der Waals surface area contributed by atoms with Gasteiger partial charge in [-0.1, -0.05) is 0 Å². The van der Waals surface area contributed by atoms with Gasteiger partial charge in [-0.3, -0.25) is 9.48 Å². The maximum atomic E-state index is 12.5. The summed E-state index contributed by atoms with van der Waals surface area (Å²) in [7, 11) is 0. The van der Waals surface area contributed by atoms with Crippen molar-refractivity contribution >= 4 is 34.6 Å². The van der Waals surface area contributed by atoms with Crippen LogP contribution in [-0.4, -0.2) is 56.8 Å². The molecule has 4 rings (SSSR count). The number of nitrogens with zero attached hydrogens (tertiary/aromatic N) is 4. The summed E-state index contributed by atoms with van der Waals surface area (Å²) in [6.07, 6.45) is 6.24. The average Bonchev–Trinajstić information content (AvgIpc) is 3.23. The van der Waals surface area contributed by atoms with Crippen molar-refractivity contribution < 1.29 is 14.3 Å². The molecular formula is C22H33IN4O3. The first kappa shape index (κ1) is 21.9. The Bertz CT molecular complexity index is 836. The number of hydrogen-bond donors (Lipinski definition) is 0. The molecular weight excluding hydrogens is 495 g/mol. The van der Waals surface area contributed by atoms with Crippen LogP contribution in [-0.2, 0) is 22.5 Å². The second-order valence-electron chi connectivity index (χ2n) is 10.2. The maximum absolute atomic E-state index is 12.5. The predicted molar refractivity (Wildman–Crippen MR) is 122 cm³/mol. The topological polar surface area (TPSA) is 67.7 Å². The lowest BCUT2D eigenvalue weighted by Crippen LogP contribution is -2.38. The van der Waals surface area contributed by atoms with Crippen LogP contribution < -0.4 is 0 Å². The number of rotatable bonds is 1. The van der Waals surface area contributed by atoms with E-state index in [4.69, 9.17) is 9.84 Å². The first-order chi connectivity index (χ1) is 14.1. The Hall–Kier alpha value is -1.32. The van der Waals surface area contributed by atoms with Crippen LogP contribution in [0.4, 0.5) is 4.79 Å². The summed E-state index contributed by atoms with van der Waals surface area (Å²) in [4.78, 5) is 28.1. The van der Waals surface area contributed by atoms with E-state index in [-0.39, 0.29) is 17.4 Å². The lowest BCUT2D eigenvalue weighted by atomic mass is 9.72. The maximum Gasteiger partial charge on any atom is 0.410 e. The Morgan fingerprint density at radius 2 is 1.83 bits per heavy atom. The monoisotopic (exact) mass is 528 g/mol. The molecule has 30 heavy (non-hydrogen) atoms. The first-order valence-electron chi connectivity index (χ1n) is 11.1. The third-order valence-corrected chi connectivity index (χ3v) is 7.80. The second kappa shape index (κ2) is 7.98. The van der Waals surface area contributed by atoms with Crippen LogP contribution in [0, 0.1) is 9.12 Å². The van der Waals surface area contributed by atoms with Crippen LogP contribution in [0.3, 0.4) is 0 Å². The molecule has 0 bridgehead atoms. The van der Waals surface area contributed by atoms with Gasteiger partial charge in [0.05, 0.1) is 12.6 Å². The minimum absolute atomic E-state index is 0.139. The van der Waals surface area contributed by atoms with E-state index >= 15 is 0 Å². The lowest BCUT2D eigenvalue weighted by molar-refractivity contribution is -0.129. The molecule has 1 spiro atoms. The van der Waals surface area contributed by atoms with E-state index in [2.05, 4.69) is 27.3 Å². The van der Waals surface area contributed by atoms with E-state index in [0.717, 1.165) is 61.9 Å². The van der Waals surface area contributed by atoms with E-state index < -0.39 is 5.60 Å². The fourth-order valence-electron chi connectivity index (χ4n) is 5.26. The molecule has 2 fully saturated rings. The predicted octanol–water partition coefficient (Wildman–Crippen LogP) is 4.13. The lowest BCUT2D eigenvalue weighted by Gasteiger charge is -2.38. The van der Waals surface area contributed by atoms with Gasteiger partial charge >= 0.3 is 6.09 Å². The van der Waals surface area contributed by atoms with E-state index in [1.54, 1.807) is 6.92 Å². The Kier molecular flexibility index (Phi) is 5.83. The zero-order valence-electron chi connectivity index (χ0n) is 18.5. The summed E-state index contributed by atoms with van der Waals surface area (Å²) in [5.74, 6) is 0.139. The van der Waals surface area contributed by atoms with Crippen LogP contribution in [0.15, 0.2) is 0 Å². The summed E-state index contributed by atoms with van der Waals surface area (Å²) in [5.41, 5.74) is 2.34. The third-order valence-electron chi connectivity index (χ3n) is 6.93. The Morgan fingerprint density at radius 1 is 1.13 bits per heavy atom. The molecule has 7 nitrogen and oxygen atoms in total. The number of amides is 2. The number of fused-ring (bicyclic) bond motifs is 1. The Morgan fingerprint density at radius 3 is 2.47 bits per heavy atom. The molecule has 1 saturated carbocycles. The molecule has 2 amide bonds. The molecule has 0 unspecified atom stereocenters. The number of carbonyl (C=O) groups is 2. The normalized spacial score (nSPS) is 26.8. The van der Waals surface area contributed by atoms with Crippen molar-refractivity contribution in [2.45, 2.75) is 84.4 Å². The summed E-state index contributed by atoms with van der Waals surface area (Å²) >= 11 is 2.32. The largest absolute Gasteiger partial charge is 0.444 e. The van der Waals surface area contributed by atoms with Gasteiger partial charge in [0.25, 0.3) is 0 Å². The number of carbonyl (C=O) groups excluding carboxylic acids is 2. The first-order valence-corrected chi connectivity index (χ1v) is 12.1. The number of hydrogen-bond acceptors (Lipinski definition) is 4. The summed E-state index contributed by atoms with van der Waals surface area (Å²) in [6.45, 7) is 10.5. The quantitative estimate of drug-likeness (QED) is 0.515. The summed E-state index contributed by atoms with van der Waals surface area (Å²) in [5, 5.41) is 4.89. The van der Waals surface area contributed by atoms with Crippen molar-refractivity contribution in [3.63, 3.8) is 0 Å². The van der Waals surface area contributed by atoms with Crippen molar-refractivity contribution in [1.82, 2.24) is 19.6 Å². The van der Waals surface area contributed by atoms with Gasteiger partial charge < -0.3 is 14.5 Å². The minimum Gasteiger partial charge on any atom is -0.444 e. The van der Waals surface area contributed by atoms with Gasteiger partial charge in [-0.15, -0.1) is 0 Å². The summed E-state index contributed by atoms with van der Waals surface area (Å²) in [6, 6.07) is 0.423. The van der Waals surface area contributed by atoms with Crippen molar-refractivity contribution in [3.8, 4) is 0 Å². The van der Waals surface area contributed by atoms with Gasteiger partial charge in [-0.05, 0) is 80.9 Å². The molecule has 0 atom stereocenters. The van der Waals surface area contributed by atoms with Gasteiger partial charge in [-0.2, -0.15) is 5.10 Å². The Labute approximate surface area is 192 Å². The highest BCUT2D eigenvalue weighted by Gasteiger charge is 2.44. The molecule has 1 saturated heterocycles. The smallest absolute Gasteiger partial charge is 0.410 e. The molecule has 0 radical (unpaired) electrons. The number of likely N-dealkylation sites (tertiary alicyclic amines) is 1. The number of halogens is 1. The molecule has 1 aliphatic carbocycles. The molecule has 1 aromatic heterocycles. The van der Waals surface area contributed by atoms with Crippen LogP contribution in [0.1, 0.15) is 77.1 Å². The van der Waals surface area contributed by atoms with Crippen LogP contribution in [0.25, 0.3) is 0 Å². The molecule has 3 aliphatic rings. The molecule has 3 heterocycles. The molecule has 2 aliphatic heterocycles. The van der Waals surface area contributed by atoms with Gasteiger partial charge in [0.2, 0.25) is 5.91 Å². The van der Waals surface area contributed by atoms with Crippen LogP contribution in [0.2, 0.25) is 0 Å². The third kappa shape index (κ3) is 4.34. The molecule has 0 N–H and O–H groups in total. The zero-order chi connectivity index (χ0) is 21.7. The molecule has 8 heteroatoms. The van der Waals surface area contributed by atoms with Crippen molar-refractivity contribution in [1.29, 1.82) is 0 Å². The summed E-state index contributed by atoms with van der Waals surface area (Å²) < 4.78 is 8.88. The number of ether oxygens (including phenoxy) is 1. The van der Waals surface area contributed by atoms with Gasteiger partial charge in [-0.25, -0.2) is 4.79 Å². The highest BCUT2D eigenvalue weighted by molar-refractivity contribution is 14.1. The van der Waals surface area contributed by atoms with Gasteiger partial charge in [0.1, 0.15) is 9.30 Å². The van der Waals surface area contributed by atoms with E-state index in [9.17, 15) is 9.59 Å². The average molecular weight is 528 g/mol. The molecule has 0 aromatic carbocycles. The zero-order valence-corrected chi connectivity index (χ0v) is 20.7. The second-order valence-corrected chi connectivity index (χ2v) is 11.3. The number of aromatic nitrogens is 2. The fraction of sp³-hybridized carbons (Fsp3) is 0.773. The van der Waals surface area contributed by atoms with Crippen LogP contribution in [0.5, 0.6) is 0 Å². The SMILES string of the molecule is CC(=O)N1CCc2c(c(I)nn2C2CCC3(CC2)CCN(C(=O)OC(C)(C)C)C3)C1. The van der Waals surface area contributed by atoms with Crippen LogP contribution >= 0.6 is 22.6 Å². The van der Waals surface area contributed by atoms with E-state index in [0.29, 0.717) is 12.6 Å². The molecule has 1 aromatic rings. The minimum atomic E-state index is -0.446. The van der Waals surface area contributed by atoms with E-state index in [1.807, 2.05) is 30.6 Å². The van der Waals surface area contributed by atoms with Gasteiger partial charge in [0, 0.05) is 44.2 Å². The van der Waals surface area contributed by atoms with Crippen molar-refractivity contribution in [3.05, 3.63) is 15.0 Å². The van der Waals surface area contributed by atoms with Crippen molar-refractivity contribution in [2.75, 3.05) is 19.6 Å². The highest BCUT2D eigenvalue weighted by Crippen LogP contribution is 2.47. The standard InChI is InChI=1S/C22H33IN4O3/c1-15(28)25-11-7-18-17(13-25)19(23)24-27(18)16-5-8-22(9-6-16)10-12-26(14-22)20(29)30-21(2,3)4/h16H,5-14H2,1-4H3. The fourth-order valence-corrected chi connectivity index (χ4v) is 5.98. The molecule has 166 valence electrons. The Balaban J connectivity index is 1.40. The highest BCUT2D eigenvalue weighted by atomic mass is 127. The van der Waals surface area contributed by atoms with Gasteiger partial charge in [0.15, 0.2) is 0 Å².